The molecule has 0 spiro atoms. The van der Waals surface area contributed by atoms with E-state index in [1.165, 1.54) is 12.1 Å². The summed E-state index contributed by atoms with van der Waals surface area (Å²) in [6, 6.07) is 14.2. The third-order valence-electron chi connectivity index (χ3n) is 5.63. The average Bonchev–Trinajstić information content (AvgIpc) is 2.83. The van der Waals surface area contributed by atoms with E-state index in [1.807, 2.05) is 38.4 Å². The van der Waals surface area contributed by atoms with Crippen LogP contribution in [0.2, 0.25) is 0 Å². The zero-order chi connectivity index (χ0) is 20.1. The van der Waals surface area contributed by atoms with Crippen LogP contribution in [-0.2, 0) is 5.60 Å². The molecule has 0 amide bonds. The van der Waals surface area contributed by atoms with Gasteiger partial charge in [0.05, 0.1) is 7.11 Å². The van der Waals surface area contributed by atoms with Crippen LogP contribution >= 0.6 is 0 Å². The van der Waals surface area contributed by atoms with Gasteiger partial charge >= 0.3 is 0 Å². The minimum atomic E-state index is -1.13. The Morgan fingerprint density at radius 2 is 1.93 bits per heavy atom. The van der Waals surface area contributed by atoms with E-state index in [4.69, 9.17) is 4.74 Å². The van der Waals surface area contributed by atoms with Crippen LogP contribution < -0.4 is 4.74 Å². The molecule has 28 heavy (non-hydrogen) atoms. The standard InChI is InChI=1S/C24H30FNO2/c1-26(2)17-21-9-5-4-8-20(15-18-7-6-10-23(16-18)28-3)24(21,27)19-11-13-22(25)14-12-19/h6-7,10-16,21,27H,4-5,8-9,17H2,1-3H3. The van der Waals surface area contributed by atoms with Crippen LogP contribution in [0.4, 0.5) is 4.39 Å². The molecule has 3 rings (SSSR count). The topological polar surface area (TPSA) is 32.7 Å². The third kappa shape index (κ3) is 4.45. The smallest absolute Gasteiger partial charge is 0.123 e. The summed E-state index contributed by atoms with van der Waals surface area (Å²) in [5.74, 6) is 0.536. The average molecular weight is 384 g/mol. The predicted octanol–water partition coefficient (Wildman–Crippen LogP) is 4.86. The first-order valence-electron chi connectivity index (χ1n) is 9.91. The Bertz CT molecular complexity index is 816. The van der Waals surface area contributed by atoms with Crippen LogP contribution in [0, 0.1) is 11.7 Å². The van der Waals surface area contributed by atoms with Crippen molar-refractivity contribution in [3.8, 4) is 5.75 Å². The van der Waals surface area contributed by atoms with Crippen molar-refractivity contribution in [3.05, 3.63) is 71.0 Å². The molecule has 0 saturated heterocycles. The second-order valence-corrected chi connectivity index (χ2v) is 7.92. The van der Waals surface area contributed by atoms with E-state index in [1.54, 1.807) is 19.2 Å². The Kier molecular flexibility index (Phi) is 6.53. The maximum absolute atomic E-state index is 13.6. The summed E-state index contributed by atoms with van der Waals surface area (Å²) in [6.45, 7) is 0.767. The van der Waals surface area contributed by atoms with Crippen molar-refractivity contribution >= 4 is 6.08 Å². The lowest BCUT2D eigenvalue weighted by atomic mass is 9.74. The normalized spacial score (nSPS) is 24.4. The first kappa shape index (κ1) is 20.6. The van der Waals surface area contributed by atoms with Gasteiger partial charge in [0.25, 0.3) is 0 Å². The maximum Gasteiger partial charge on any atom is 0.123 e. The molecular weight excluding hydrogens is 353 g/mol. The highest BCUT2D eigenvalue weighted by Gasteiger charge is 2.42. The Hall–Kier alpha value is -2.17. The lowest BCUT2D eigenvalue weighted by molar-refractivity contribution is 0.000438. The van der Waals surface area contributed by atoms with Crippen molar-refractivity contribution in [2.75, 3.05) is 27.7 Å². The zero-order valence-electron chi connectivity index (χ0n) is 17.0. The van der Waals surface area contributed by atoms with Gasteiger partial charge in [-0.3, -0.25) is 0 Å². The zero-order valence-corrected chi connectivity index (χ0v) is 17.0. The van der Waals surface area contributed by atoms with Crippen molar-refractivity contribution in [2.24, 2.45) is 5.92 Å². The molecule has 0 heterocycles. The summed E-state index contributed by atoms with van der Waals surface area (Å²) in [7, 11) is 5.71. The minimum Gasteiger partial charge on any atom is -0.497 e. The molecular formula is C24H30FNO2. The van der Waals surface area contributed by atoms with Crippen LogP contribution in [0.15, 0.2) is 54.1 Å². The monoisotopic (exact) mass is 383 g/mol. The molecule has 4 heteroatoms. The van der Waals surface area contributed by atoms with E-state index >= 15 is 0 Å². The number of halogens is 1. The molecule has 1 saturated carbocycles. The fraction of sp³-hybridized carbons (Fsp3) is 0.417. The number of methoxy groups -OCH3 is 1. The van der Waals surface area contributed by atoms with Gasteiger partial charge in [0, 0.05) is 12.5 Å². The Morgan fingerprint density at radius 3 is 2.61 bits per heavy atom. The summed E-state index contributed by atoms with van der Waals surface area (Å²) >= 11 is 0. The van der Waals surface area contributed by atoms with E-state index in [0.717, 1.165) is 54.7 Å². The molecule has 0 bridgehead atoms. The van der Waals surface area contributed by atoms with Crippen molar-refractivity contribution in [2.45, 2.75) is 31.3 Å². The second-order valence-electron chi connectivity index (χ2n) is 7.92. The number of nitrogens with zero attached hydrogens (tertiary/aromatic N) is 1. The van der Waals surface area contributed by atoms with Crippen molar-refractivity contribution < 1.29 is 14.2 Å². The van der Waals surface area contributed by atoms with Gasteiger partial charge < -0.3 is 14.7 Å². The largest absolute Gasteiger partial charge is 0.497 e. The highest BCUT2D eigenvalue weighted by molar-refractivity contribution is 5.58. The molecule has 0 aliphatic heterocycles. The van der Waals surface area contributed by atoms with Gasteiger partial charge in [-0.2, -0.15) is 0 Å². The van der Waals surface area contributed by atoms with Crippen LogP contribution in [0.5, 0.6) is 5.75 Å². The first-order chi connectivity index (χ1) is 13.4. The Morgan fingerprint density at radius 1 is 1.18 bits per heavy atom. The Labute approximate surface area is 167 Å². The maximum atomic E-state index is 13.6. The molecule has 2 unspecified atom stereocenters. The molecule has 3 nitrogen and oxygen atoms in total. The van der Waals surface area contributed by atoms with Crippen molar-refractivity contribution in [1.82, 2.24) is 4.90 Å². The molecule has 150 valence electrons. The SMILES string of the molecule is COc1cccc(C=C2CCCCC(CN(C)C)C2(O)c2ccc(F)cc2)c1. The van der Waals surface area contributed by atoms with Gasteiger partial charge in [0.2, 0.25) is 0 Å². The van der Waals surface area contributed by atoms with Crippen LogP contribution in [-0.4, -0.2) is 37.8 Å². The molecule has 2 atom stereocenters. The number of hydrogen-bond acceptors (Lipinski definition) is 3. The molecule has 2 aromatic carbocycles. The second kappa shape index (κ2) is 8.89. The summed E-state index contributed by atoms with van der Waals surface area (Å²) in [5, 5.41) is 12.1. The third-order valence-corrected chi connectivity index (χ3v) is 5.63. The van der Waals surface area contributed by atoms with E-state index < -0.39 is 5.60 Å². The number of ether oxygens (including phenoxy) is 1. The first-order valence-corrected chi connectivity index (χ1v) is 9.91. The van der Waals surface area contributed by atoms with Crippen molar-refractivity contribution in [1.29, 1.82) is 0 Å². The quantitative estimate of drug-likeness (QED) is 0.749. The van der Waals surface area contributed by atoms with Crippen LogP contribution in [0.3, 0.4) is 0 Å². The van der Waals surface area contributed by atoms with Gasteiger partial charge in [0.15, 0.2) is 0 Å². The number of rotatable bonds is 5. The highest BCUT2D eigenvalue weighted by atomic mass is 19.1. The summed E-state index contributed by atoms with van der Waals surface area (Å²) in [5.41, 5.74) is 1.62. The molecule has 0 aromatic heterocycles. The summed E-state index contributed by atoms with van der Waals surface area (Å²) < 4.78 is 18.9. The molecule has 1 N–H and O–H groups in total. The predicted molar refractivity (Wildman–Crippen MR) is 112 cm³/mol. The number of hydrogen-bond donors (Lipinski definition) is 1. The lowest BCUT2D eigenvalue weighted by Crippen LogP contribution is -2.41. The lowest BCUT2D eigenvalue weighted by Gasteiger charge is -2.39. The molecule has 1 aliphatic carbocycles. The fourth-order valence-corrected chi connectivity index (χ4v) is 4.27. The molecule has 2 aromatic rings. The van der Waals surface area contributed by atoms with Crippen LogP contribution in [0.1, 0.15) is 36.8 Å². The van der Waals surface area contributed by atoms with Gasteiger partial charge in [-0.1, -0.05) is 36.8 Å². The number of aliphatic hydroxyl groups is 1. The van der Waals surface area contributed by atoms with E-state index in [-0.39, 0.29) is 11.7 Å². The summed E-state index contributed by atoms with van der Waals surface area (Å²) in [4.78, 5) is 2.12. The summed E-state index contributed by atoms with van der Waals surface area (Å²) in [6.07, 6.45) is 5.93. The minimum absolute atomic E-state index is 0.0346. The Balaban J connectivity index is 2.12. The van der Waals surface area contributed by atoms with Gasteiger partial charge in [0.1, 0.15) is 17.2 Å². The van der Waals surface area contributed by atoms with E-state index in [9.17, 15) is 9.50 Å². The molecule has 0 radical (unpaired) electrons. The van der Waals surface area contributed by atoms with Gasteiger partial charge in [-0.25, -0.2) is 4.39 Å². The van der Waals surface area contributed by atoms with Gasteiger partial charge in [-0.15, -0.1) is 0 Å². The van der Waals surface area contributed by atoms with Gasteiger partial charge in [-0.05, 0) is 74.3 Å². The van der Waals surface area contributed by atoms with E-state index in [0.29, 0.717) is 0 Å². The van der Waals surface area contributed by atoms with Crippen LogP contribution in [0.25, 0.3) is 6.08 Å². The van der Waals surface area contributed by atoms with E-state index in [2.05, 4.69) is 11.0 Å². The molecule has 1 fully saturated rings. The fourth-order valence-electron chi connectivity index (χ4n) is 4.27. The number of benzene rings is 2. The molecule has 1 aliphatic rings. The highest BCUT2D eigenvalue weighted by Crippen LogP contribution is 2.45. The van der Waals surface area contributed by atoms with Crippen molar-refractivity contribution in [3.63, 3.8) is 0 Å².